The quantitative estimate of drug-likeness (QED) is 0.553. The summed E-state index contributed by atoms with van der Waals surface area (Å²) in [6, 6.07) is 15.5. The van der Waals surface area contributed by atoms with Crippen LogP contribution in [0.4, 0.5) is 10.8 Å². The predicted octanol–water partition coefficient (Wildman–Crippen LogP) is 3.75. The van der Waals surface area contributed by atoms with Gasteiger partial charge in [-0.25, -0.2) is 9.78 Å². The molecule has 1 fully saturated rings. The summed E-state index contributed by atoms with van der Waals surface area (Å²) in [7, 11) is 0. The first-order chi connectivity index (χ1) is 15.7. The van der Waals surface area contributed by atoms with E-state index in [1.165, 1.54) is 11.3 Å². The van der Waals surface area contributed by atoms with Gasteiger partial charge in [-0.1, -0.05) is 36.4 Å². The molecule has 3 heterocycles. The minimum absolute atomic E-state index is 0.136. The smallest absolute Gasteiger partial charge is 0.341 e. The number of thiophene rings is 1. The van der Waals surface area contributed by atoms with Crippen LogP contribution in [0.1, 0.15) is 17.3 Å². The first kappa shape index (κ1) is 22.0. The molecule has 1 amide bonds. The van der Waals surface area contributed by atoms with Gasteiger partial charge < -0.3 is 15.0 Å². The van der Waals surface area contributed by atoms with Crippen molar-refractivity contribution in [3.63, 3.8) is 0 Å². The molecule has 1 saturated heterocycles. The number of carbonyl (C=O) groups excluding carboxylic acids is 2. The van der Waals surface area contributed by atoms with Crippen molar-refractivity contribution < 1.29 is 14.3 Å². The maximum Gasteiger partial charge on any atom is 0.341 e. The van der Waals surface area contributed by atoms with E-state index in [4.69, 9.17) is 4.74 Å². The van der Waals surface area contributed by atoms with Gasteiger partial charge in [0, 0.05) is 43.3 Å². The highest BCUT2D eigenvalue weighted by molar-refractivity contribution is 7.15. The summed E-state index contributed by atoms with van der Waals surface area (Å²) in [6.45, 7) is 5.50. The predicted molar refractivity (Wildman–Crippen MR) is 127 cm³/mol. The molecule has 8 heteroatoms. The maximum absolute atomic E-state index is 12.8. The number of aromatic nitrogens is 1. The van der Waals surface area contributed by atoms with Crippen LogP contribution in [0.3, 0.4) is 0 Å². The highest BCUT2D eigenvalue weighted by Crippen LogP contribution is 2.36. The number of anilines is 2. The number of hydrogen-bond donors (Lipinski definition) is 1. The Morgan fingerprint density at radius 1 is 1.06 bits per heavy atom. The number of esters is 1. The standard InChI is InChI=1S/C24H26N4O3S/c1-2-31-24(30)22-19(18-8-4-3-5-9-18)17-32-23(22)26-21(29)16-27-12-14-28(15-13-27)20-10-6-7-11-25-20/h3-11,17H,2,12-16H2,1H3,(H,26,29). The summed E-state index contributed by atoms with van der Waals surface area (Å²) in [5.41, 5.74) is 2.10. The lowest BCUT2D eigenvalue weighted by molar-refractivity contribution is -0.117. The fourth-order valence-electron chi connectivity index (χ4n) is 3.73. The molecule has 166 valence electrons. The van der Waals surface area contributed by atoms with Gasteiger partial charge in [0.2, 0.25) is 5.91 Å². The number of pyridine rings is 1. The van der Waals surface area contributed by atoms with Crippen molar-refractivity contribution in [2.45, 2.75) is 6.92 Å². The second-order valence-corrected chi connectivity index (χ2v) is 8.32. The Morgan fingerprint density at radius 3 is 2.50 bits per heavy atom. The number of amides is 1. The molecule has 0 saturated carbocycles. The van der Waals surface area contributed by atoms with Crippen molar-refractivity contribution in [2.75, 3.05) is 49.5 Å². The monoisotopic (exact) mass is 450 g/mol. The second kappa shape index (κ2) is 10.4. The molecule has 4 rings (SSSR count). The van der Waals surface area contributed by atoms with Crippen LogP contribution in [0.5, 0.6) is 0 Å². The molecule has 2 aromatic heterocycles. The zero-order chi connectivity index (χ0) is 22.3. The number of ether oxygens (including phenoxy) is 1. The van der Waals surface area contributed by atoms with Crippen LogP contribution in [0, 0.1) is 0 Å². The van der Waals surface area contributed by atoms with Crippen LogP contribution in [-0.2, 0) is 9.53 Å². The molecule has 0 atom stereocenters. The molecule has 1 aliphatic heterocycles. The van der Waals surface area contributed by atoms with E-state index in [1.54, 1.807) is 13.1 Å². The number of rotatable bonds is 7. The molecule has 7 nitrogen and oxygen atoms in total. The SMILES string of the molecule is CCOC(=O)c1c(-c2ccccc2)csc1NC(=O)CN1CCN(c2ccccn2)CC1. The van der Waals surface area contributed by atoms with Crippen molar-refractivity contribution in [1.29, 1.82) is 0 Å². The van der Waals surface area contributed by atoms with Gasteiger partial charge in [0.1, 0.15) is 16.4 Å². The number of hydrogen-bond acceptors (Lipinski definition) is 7. The Morgan fingerprint density at radius 2 is 1.81 bits per heavy atom. The number of benzene rings is 1. The fourth-order valence-corrected chi connectivity index (χ4v) is 4.70. The molecule has 0 radical (unpaired) electrons. The van der Waals surface area contributed by atoms with Crippen LogP contribution in [0.25, 0.3) is 11.1 Å². The van der Waals surface area contributed by atoms with E-state index in [9.17, 15) is 9.59 Å². The Hall–Kier alpha value is -3.23. The van der Waals surface area contributed by atoms with Gasteiger partial charge in [-0.15, -0.1) is 11.3 Å². The highest BCUT2D eigenvalue weighted by Gasteiger charge is 2.24. The summed E-state index contributed by atoms with van der Waals surface area (Å²) in [5, 5.41) is 5.36. The first-order valence-electron chi connectivity index (χ1n) is 10.7. The Balaban J connectivity index is 1.41. The molecule has 0 unspecified atom stereocenters. The Bertz CT molecular complexity index is 1050. The Kier molecular flexibility index (Phi) is 7.14. The average Bonchev–Trinajstić information content (AvgIpc) is 3.24. The van der Waals surface area contributed by atoms with Crippen LogP contribution in [0.15, 0.2) is 60.1 Å². The minimum Gasteiger partial charge on any atom is -0.462 e. The van der Waals surface area contributed by atoms with E-state index in [1.807, 2.05) is 53.9 Å². The lowest BCUT2D eigenvalue weighted by Gasteiger charge is -2.34. The van der Waals surface area contributed by atoms with Gasteiger partial charge in [0.25, 0.3) is 0 Å². The fraction of sp³-hybridized carbons (Fsp3) is 0.292. The molecule has 0 spiro atoms. The summed E-state index contributed by atoms with van der Waals surface area (Å²) < 4.78 is 5.27. The maximum atomic E-state index is 12.8. The summed E-state index contributed by atoms with van der Waals surface area (Å²) in [4.78, 5) is 34.2. The van der Waals surface area contributed by atoms with E-state index >= 15 is 0 Å². The molecule has 0 aliphatic carbocycles. The molecule has 1 aromatic carbocycles. The number of nitrogens with zero attached hydrogens (tertiary/aromatic N) is 3. The Labute approximate surface area is 191 Å². The van der Waals surface area contributed by atoms with E-state index in [0.29, 0.717) is 10.6 Å². The third-order valence-electron chi connectivity index (χ3n) is 5.32. The van der Waals surface area contributed by atoms with E-state index < -0.39 is 5.97 Å². The topological polar surface area (TPSA) is 74.8 Å². The summed E-state index contributed by atoms with van der Waals surface area (Å²) in [6.07, 6.45) is 1.79. The van der Waals surface area contributed by atoms with Crippen LogP contribution >= 0.6 is 11.3 Å². The first-order valence-corrected chi connectivity index (χ1v) is 11.6. The molecule has 0 bridgehead atoms. The molecular weight excluding hydrogens is 424 g/mol. The van der Waals surface area contributed by atoms with Crippen molar-refractivity contribution in [1.82, 2.24) is 9.88 Å². The molecule has 32 heavy (non-hydrogen) atoms. The lowest BCUT2D eigenvalue weighted by atomic mass is 10.0. The van der Waals surface area contributed by atoms with E-state index in [0.717, 1.165) is 43.1 Å². The zero-order valence-corrected chi connectivity index (χ0v) is 18.8. The van der Waals surface area contributed by atoms with E-state index in [-0.39, 0.29) is 19.1 Å². The lowest BCUT2D eigenvalue weighted by Crippen LogP contribution is -2.48. The van der Waals surface area contributed by atoms with Gasteiger partial charge >= 0.3 is 5.97 Å². The summed E-state index contributed by atoms with van der Waals surface area (Å²) >= 11 is 1.35. The zero-order valence-electron chi connectivity index (χ0n) is 18.0. The van der Waals surface area contributed by atoms with Gasteiger partial charge in [0.05, 0.1) is 13.2 Å². The number of nitrogens with one attached hydrogen (secondary N) is 1. The third-order valence-corrected chi connectivity index (χ3v) is 6.22. The number of carbonyl (C=O) groups is 2. The van der Waals surface area contributed by atoms with Crippen molar-refractivity contribution in [3.8, 4) is 11.1 Å². The van der Waals surface area contributed by atoms with Gasteiger partial charge in [0.15, 0.2) is 0 Å². The summed E-state index contributed by atoms with van der Waals surface area (Å²) in [5.74, 6) is 0.401. The minimum atomic E-state index is -0.424. The van der Waals surface area contributed by atoms with Crippen molar-refractivity contribution in [3.05, 3.63) is 65.7 Å². The molecule has 1 aliphatic rings. The van der Waals surface area contributed by atoms with Crippen LogP contribution in [0.2, 0.25) is 0 Å². The van der Waals surface area contributed by atoms with Gasteiger partial charge in [-0.05, 0) is 24.6 Å². The third kappa shape index (κ3) is 5.15. The number of piperazine rings is 1. The second-order valence-electron chi connectivity index (χ2n) is 7.44. The average molecular weight is 451 g/mol. The van der Waals surface area contributed by atoms with E-state index in [2.05, 4.69) is 20.1 Å². The van der Waals surface area contributed by atoms with Crippen molar-refractivity contribution >= 4 is 34.0 Å². The van der Waals surface area contributed by atoms with Gasteiger partial charge in [-0.2, -0.15) is 0 Å². The largest absolute Gasteiger partial charge is 0.462 e. The normalized spacial score (nSPS) is 14.2. The highest BCUT2D eigenvalue weighted by atomic mass is 32.1. The molecule has 3 aromatic rings. The molecule has 1 N–H and O–H groups in total. The van der Waals surface area contributed by atoms with Crippen molar-refractivity contribution in [2.24, 2.45) is 0 Å². The van der Waals surface area contributed by atoms with Crippen LogP contribution in [-0.4, -0.2) is 61.1 Å². The van der Waals surface area contributed by atoms with Gasteiger partial charge in [-0.3, -0.25) is 9.69 Å². The van der Waals surface area contributed by atoms with Crippen LogP contribution < -0.4 is 10.2 Å². The molecular formula is C24H26N4O3S.